The van der Waals surface area contributed by atoms with Crippen LogP contribution in [0.5, 0.6) is 0 Å². The van der Waals surface area contributed by atoms with Crippen LogP contribution < -0.4 is 0 Å². The van der Waals surface area contributed by atoms with E-state index in [1.807, 2.05) is 50.2 Å². The summed E-state index contributed by atoms with van der Waals surface area (Å²) in [5, 5.41) is 0. The molecule has 1 aromatic carbocycles. The fourth-order valence-corrected chi connectivity index (χ4v) is 2.28. The lowest BCUT2D eigenvalue weighted by atomic mass is 9.86. The molecule has 3 nitrogen and oxygen atoms in total. The van der Waals surface area contributed by atoms with E-state index in [1.165, 1.54) is 19.3 Å². The molecule has 0 spiro atoms. The fourth-order valence-electron chi connectivity index (χ4n) is 2.28. The highest BCUT2D eigenvalue weighted by atomic mass is 16.6. The van der Waals surface area contributed by atoms with Crippen molar-refractivity contribution < 1.29 is 14.3 Å². The Morgan fingerprint density at radius 3 is 1.95 bits per heavy atom. The van der Waals surface area contributed by atoms with E-state index in [0.717, 1.165) is 12.8 Å². The Kier molecular flexibility index (Phi) is 7.97. The van der Waals surface area contributed by atoms with Gasteiger partial charge in [-0.05, 0) is 39.5 Å². The zero-order valence-corrected chi connectivity index (χ0v) is 12.6. The smallest absolute Gasteiger partial charge is 0.332 e. The molecule has 0 radical (unpaired) electrons. The molecule has 0 amide bonds. The van der Waals surface area contributed by atoms with Crippen LogP contribution >= 0.6 is 0 Å². The highest BCUT2D eigenvalue weighted by molar-refractivity contribution is 5.71. The third-order valence-electron chi connectivity index (χ3n) is 3.36. The van der Waals surface area contributed by atoms with E-state index >= 15 is 0 Å². The van der Waals surface area contributed by atoms with Crippen LogP contribution in [-0.2, 0) is 14.3 Å². The van der Waals surface area contributed by atoms with Crippen molar-refractivity contribution in [1.82, 2.24) is 0 Å². The van der Waals surface area contributed by atoms with Crippen molar-refractivity contribution in [3.05, 3.63) is 36.4 Å². The molecule has 1 aliphatic rings. The summed E-state index contributed by atoms with van der Waals surface area (Å²) in [7, 11) is 0. The quantitative estimate of drug-likeness (QED) is 0.782. The third kappa shape index (κ3) is 7.29. The summed E-state index contributed by atoms with van der Waals surface area (Å²) in [5.41, 5.74) is -0.230. The predicted molar refractivity (Wildman–Crippen MR) is 80.5 cm³/mol. The van der Waals surface area contributed by atoms with Crippen molar-refractivity contribution in [2.75, 3.05) is 13.2 Å². The van der Waals surface area contributed by atoms with Crippen LogP contribution in [0.2, 0.25) is 0 Å². The van der Waals surface area contributed by atoms with Crippen molar-refractivity contribution in [3.8, 4) is 0 Å². The molecule has 3 heteroatoms. The Morgan fingerprint density at radius 2 is 1.50 bits per heavy atom. The van der Waals surface area contributed by atoms with Gasteiger partial charge in [0.05, 0.1) is 0 Å². The molecule has 0 aromatic heterocycles. The molecule has 0 saturated heterocycles. The molecule has 0 bridgehead atoms. The Morgan fingerprint density at radius 1 is 1.00 bits per heavy atom. The number of hydrogen-bond acceptors (Lipinski definition) is 3. The van der Waals surface area contributed by atoms with Crippen LogP contribution in [0.1, 0.15) is 46.0 Å². The highest BCUT2D eigenvalue weighted by Crippen LogP contribution is 2.30. The SMILES string of the molecule is CCOCC(=O)OC1(C)CCCCC1.c1ccccc1. The minimum Gasteiger partial charge on any atom is -0.458 e. The second-order valence-corrected chi connectivity index (χ2v) is 5.28. The van der Waals surface area contributed by atoms with Gasteiger partial charge >= 0.3 is 5.97 Å². The van der Waals surface area contributed by atoms with Crippen molar-refractivity contribution in [2.24, 2.45) is 0 Å². The van der Waals surface area contributed by atoms with Gasteiger partial charge in [0.2, 0.25) is 0 Å². The van der Waals surface area contributed by atoms with Gasteiger partial charge in [0, 0.05) is 6.61 Å². The molecular formula is C17H26O3. The van der Waals surface area contributed by atoms with Crippen LogP contribution in [-0.4, -0.2) is 24.8 Å². The molecule has 1 aliphatic carbocycles. The van der Waals surface area contributed by atoms with Crippen molar-refractivity contribution >= 4 is 5.97 Å². The predicted octanol–water partition coefficient (Wildman–Crippen LogP) is 3.98. The molecule has 0 atom stereocenters. The molecule has 112 valence electrons. The summed E-state index contributed by atoms with van der Waals surface area (Å²) in [6.07, 6.45) is 5.57. The molecule has 1 saturated carbocycles. The highest BCUT2D eigenvalue weighted by Gasteiger charge is 2.30. The van der Waals surface area contributed by atoms with Gasteiger partial charge in [0.1, 0.15) is 12.2 Å². The Bertz CT molecular complexity index is 329. The van der Waals surface area contributed by atoms with Gasteiger partial charge in [-0.1, -0.05) is 42.8 Å². The van der Waals surface area contributed by atoms with Crippen LogP contribution in [0.3, 0.4) is 0 Å². The van der Waals surface area contributed by atoms with Crippen molar-refractivity contribution in [3.63, 3.8) is 0 Å². The summed E-state index contributed by atoms with van der Waals surface area (Å²) in [5.74, 6) is -0.226. The molecule has 1 fully saturated rings. The molecular weight excluding hydrogens is 252 g/mol. The van der Waals surface area contributed by atoms with Crippen LogP contribution in [0.4, 0.5) is 0 Å². The fraction of sp³-hybridized carbons (Fsp3) is 0.588. The first-order chi connectivity index (χ1) is 9.66. The standard InChI is InChI=1S/C11H20O3.C6H6/c1-3-13-9-10(12)14-11(2)7-5-4-6-8-11;1-2-4-6-5-3-1/h3-9H2,1-2H3;1-6H. The number of carbonyl (C=O) groups excluding carboxylic acids is 1. The first-order valence-corrected chi connectivity index (χ1v) is 7.46. The molecule has 0 N–H and O–H groups in total. The number of hydrogen-bond donors (Lipinski definition) is 0. The largest absolute Gasteiger partial charge is 0.458 e. The molecule has 2 rings (SSSR count). The number of esters is 1. The number of carbonyl (C=O) groups is 1. The van der Waals surface area contributed by atoms with Gasteiger partial charge in [-0.3, -0.25) is 0 Å². The lowest BCUT2D eigenvalue weighted by Gasteiger charge is -2.33. The second-order valence-electron chi connectivity index (χ2n) is 5.28. The topological polar surface area (TPSA) is 35.5 Å². The molecule has 1 aromatic rings. The summed E-state index contributed by atoms with van der Waals surface area (Å²) >= 11 is 0. The summed E-state index contributed by atoms with van der Waals surface area (Å²) in [4.78, 5) is 11.3. The van der Waals surface area contributed by atoms with Crippen LogP contribution in [0.15, 0.2) is 36.4 Å². The summed E-state index contributed by atoms with van der Waals surface area (Å²) < 4.78 is 10.4. The van der Waals surface area contributed by atoms with E-state index in [-0.39, 0.29) is 18.2 Å². The first-order valence-electron chi connectivity index (χ1n) is 7.46. The van der Waals surface area contributed by atoms with Gasteiger partial charge in [0.15, 0.2) is 0 Å². The molecule has 20 heavy (non-hydrogen) atoms. The number of rotatable bonds is 4. The lowest BCUT2D eigenvalue weighted by molar-refractivity contribution is -0.166. The molecule has 0 unspecified atom stereocenters. The van der Waals surface area contributed by atoms with Gasteiger partial charge in [-0.25, -0.2) is 4.79 Å². The maximum atomic E-state index is 11.3. The average molecular weight is 278 g/mol. The minimum absolute atomic E-state index is 0.0894. The maximum absolute atomic E-state index is 11.3. The van der Waals surface area contributed by atoms with Gasteiger partial charge in [0.25, 0.3) is 0 Å². The molecule has 0 aliphatic heterocycles. The van der Waals surface area contributed by atoms with E-state index in [2.05, 4.69) is 0 Å². The number of benzene rings is 1. The average Bonchev–Trinajstić information content (AvgIpc) is 2.48. The van der Waals surface area contributed by atoms with Gasteiger partial charge in [-0.15, -0.1) is 0 Å². The molecule has 0 heterocycles. The van der Waals surface area contributed by atoms with E-state index in [0.29, 0.717) is 6.61 Å². The normalized spacial score (nSPS) is 16.7. The Balaban J connectivity index is 0.000000276. The Labute approximate surface area is 122 Å². The summed E-state index contributed by atoms with van der Waals surface area (Å²) in [6, 6.07) is 12.0. The van der Waals surface area contributed by atoms with Crippen molar-refractivity contribution in [1.29, 1.82) is 0 Å². The van der Waals surface area contributed by atoms with Crippen molar-refractivity contribution in [2.45, 2.75) is 51.6 Å². The van der Waals surface area contributed by atoms with E-state index in [9.17, 15) is 4.79 Å². The van der Waals surface area contributed by atoms with Crippen LogP contribution in [0.25, 0.3) is 0 Å². The number of ether oxygens (including phenoxy) is 2. The third-order valence-corrected chi connectivity index (χ3v) is 3.36. The first kappa shape index (κ1) is 16.7. The zero-order valence-electron chi connectivity index (χ0n) is 12.6. The second kappa shape index (κ2) is 9.54. The minimum atomic E-state index is -0.230. The lowest BCUT2D eigenvalue weighted by Crippen LogP contribution is -2.35. The maximum Gasteiger partial charge on any atom is 0.332 e. The van der Waals surface area contributed by atoms with E-state index in [1.54, 1.807) is 0 Å². The monoisotopic (exact) mass is 278 g/mol. The van der Waals surface area contributed by atoms with E-state index in [4.69, 9.17) is 9.47 Å². The van der Waals surface area contributed by atoms with Crippen LogP contribution in [0, 0.1) is 0 Å². The van der Waals surface area contributed by atoms with Gasteiger partial charge < -0.3 is 9.47 Å². The zero-order chi connectivity index (χ0) is 14.7. The van der Waals surface area contributed by atoms with Gasteiger partial charge in [-0.2, -0.15) is 0 Å². The Hall–Kier alpha value is -1.35. The summed E-state index contributed by atoms with van der Waals surface area (Å²) in [6.45, 7) is 4.55. The van der Waals surface area contributed by atoms with E-state index < -0.39 is 0 Å².